The molecule has 3 aromatic rings. The second-order valence-corrected chi connectivity index (χ2v) is 6.68. The summed E-state index contributed by atoms with van der Waals surface area (Å²) in [4.78, 5) is 25.2. The fraction of sp³-hybridized carbons (Fsp3) is 0.222. The minimum atomic E-state index is -0.639. The zero-order valence-electron chi connectivity index (χ0n) is 14.0. The number of aromatic hydroxyl groups is 1. The largest absolute Gasteiger partial charge is 0.494 e. The lowest BCUT2D eigenvalue weighted by Gasteiger charge is -2.21. The number of ketones is 1. The Balaban J connectivity index is 2.24. The lowest BCUT2D eigenvalue weighted by Crippen LogP contribution is -2.42. The van der Waals surface area contributed by atoms with Gasteiger partial charge in [-0.05, 0) is 51.1 Å². The molecule has 0 spiro atoms. The van der Waals surface area contributed by atoms with Gasteiger partial charge in [-0.1, -0.05) is 0 Å². The van der Waals surface area contributed by atoms with Gasteiger partial charge in [0.25, 0.3) is 0 Å². The summed E-state index contributed by atoms with van der Waals surface area (Å²) in [6.07, 6.45) is 1.32. The van der Waals surface area contributed by atoms with Crippen LogP contribution in [0.4, 0.5) is 9.18 Å². The Hall–Kier alpha value is -3.09. The molecule has 2 heterocycles. The summed E-state index contributed by atoms with van der Waals surface area (Å²) in [5, 5.41) is 13.4. The van der Waals surface area contributed by atoms with E-state index in [9.17, 15) is 19.1 Å². The fourth-order valence-corrected chi connectivity index (χ4v) is 2.59. The Bertz CT molecular complexity index is 965. The maximum Gasteiger partial charge on any atom is 0.329 e. The van der Waals surface area contributed by atoms with Gasteiger partial charge in [-0.2, -0.15) is 0 Å². The first-order chi connectivity index (χ1) is 11.7. The van der Waals surface area contributed by atoms with Crippen molar-refractivity contribution in [1.29, 1.82) is 0 Å². The second-order valence-electron chi connectivity index (χ2n) is 6.68. The zero-order chi connectivity index (χ0) is 18.4. The molecular weight excluding hydrogens is 327 g/mol. The van der Waals surface area contributed by atoms with Crippen LogP contribution in [0.25, 0.3) is 10.9 Å². The highest BCUT2D eigenvalue weighted by Gasteiger charge is 2.29. The first kappa shape index (κ1) is 16.8. The normalized spacial score (nSPS) is 11.7. The molecule has 0 atom stereocenters. The van der Waals surface area contributed by atoms with E-state index in [0.717, 1.165) is 16.7 Å². The average molecular weight is 344 g/mol. The van der Waals surface area contributed by atoms with Crippen LogP contribution in [0.2, 0.25) is 0 Å². The van der Waals surface area contributed by atoms with Gasteiger partial charge in [-0.15, -0.1) is 0 Å². The maximum atomic E-state index is 13.7. The molecule has 0 fully saturated rings. The minimum Gasteiger partial charge on any atom is -0.494 e. The van der Waals surface area contributed by atoms with Gasteiger partial charge >= 0.3 is 6.03 Å². The van der Waals surface area contributed by atoms with E-state index < -0.39 is 29.1 Å². The Morgan fingerprint density at radius 1 is 1.24 bits per heavy atom. The molecule has 1 aromatic carbocycles. The summed E-state index contributed by atoms with van der Waals surface area (Å²) in [6, 6.07) is 5.93. The molecule has 0 saturated carbocycles. The summed E-state index contributed by atoms with van der Waals surface area (Å²) >= 11 is 0. The molecule has 0 unspecified atom stereocenters. The van der Waals surface area contributed by atoms with Gasteiger partial charge in [0.1, 0.15) is 5.82 Å². The molecule has 0 bridgehead atoms. The van der Waals surface area contributed by atoms with Crippen molar-refractivity contribution in [3.8, 4) is 5.88 Å². The predicted octanol–water partition coefficient (Wildman–Crippen LogP) is 3.67. The minimum absolute atomic E-state index is 0.0187. The number of fused-ring (bicyclic) bond motifs is 1. The topological polar surface area (TPSA) is 84.5 Å². The molecule has 0 aliphatic carbocycles. The highest BCUT2D eigenvalue weighted by Crippen LogP contribution is 2.33. The van der Waals surface area contributed by atoms with E-state index in [1.807, 2.05) is 0 Å². The third-order valence-corrected chi connectivity index (χ3v) is 3.56. The highest BCUT2D eigenvalue weighted by atomic mass is 19.1. The third kappa shape index (κ3) is 3.00. The molecule has 130 valence electrons. The number of amides is 1. The molecule has 0 aliphatic rings. The van der Waals surface area contributed by atoms with Gasteiger partial charge in [0.05, 0.1) is 17.3 Å². The molecule has 2 aromatic heterocycles. The molecule has 0 radical (unpaired) electrons. The SMILES string of the molecule is CC(C)(C)NC(=O)n1c(O)c(C(=O)c2ccco2)c2cc(F)ccc21. The number of furan rings is 1. The average Bonchev–Trinajstić information content (AvgIpc) is 3.10. The molecule has 2 N–H and O–H groups in total. The Kier molecular flexibility index (Phi) is 3.87. The van der Waals surface area contributed by atoms with Gasteiger partial charge in [0, 0.05) is 10.9 Å². The number of carbonyl (C=O) groups is 2. The van der Waals surface area contributed by atoms with Crippen LogP contribution in [0.5, 0.6) is 5.88 Å². The van der Waals surface area contributed by atoms with Crippen LogP contribution in [0.15, 0.2) is 41.0 Å². The summed E-state index contributed by atoms with van der Waals surface area (Å²) in [7, 11) is 0. The van der Waals surface area contributed by atoms with Crippen molar-refractivity contribution in [2.24, 2.45) is 0 Å². The van der Waals surface area contributed by atoms with Gasteiger partial charge in [0.15, 0.2) is 5.76 Å². The summed E-state index contributed by atoms with van der Waals surface area (Å²) < 4.78 is 19.7. The van der Waals surface area contributed by atoms with Crippen LogP contribution >= 0.6 is 0 Å². The number of halogens is 1. The number of rotatable bonds is 2. The van der Waals surface area contributed by atoms with E-state index in [2.05, 4.69) is 5.32 Å². The maximum absolute atomic E-state index is 13.7. The Labute approximate surface area is 142 Å². The number of hydrogen-bond acceptors (Lipinski definition) is 4. The van der Waals surface area contributed by atoms with Crippen molar-refractivity contribution >= 4 is 22.7 Å². The fourth-order valence-electron chi connectivity index (χ4n) is 2.59. The van der Waals surface area contributed by atoms with E-state index in [0.29, 0.717) is 0 Å². The van der Waals surface area contributed by atoms with Crippen LogP contribution in [-0.2, 0) is 0 Å². The first-order valence-corrected chi connectivity index (χ1v) is 7.62. The number of hydrogen-bond donors (Lipinski definition) is 2. The number of benzene rings is 1. The van der Waals surface area contributed by atoms with Crippen molar-refractivity contribution in [2.75, 3.05) is 0 Å². The van der Waals surface area contributed by atoms with Crippen molar-refractivity contribution in [3.63, 3.8) is 0 Å². The number of aromatic nitrogens is 1. The lowest BCUT2D eigenvalue weighted by molar-refractivity contribution is 0.101. The quantitative estimate of drug-likeness (QED) is 0.695. The molecule has 1 amide bonds. The molecule has 0 aliphatic heterocycles. The molecule has 6 nitrogen and oxygen atoms in total. The molecule has 25 heavy (non-hydrogen) atoms. The van der Waals surface area contributed by atoms with Gasteiger partial charge in [0.2, 0.25) is 11.7 Å². The molecule has 0 saturated heterocycles. The highest BCUT2D eigenvalue weighted by molar-refractivity contribution is 6.18. The number of nitrogens with zero attached hydrogens (tertiary/aromatic N) is 1. The monoisotopic (exact) mass is 344 g/mol. The van der Waals surface area contributed by atoms with E-state index >= 15 is 0 Å². The predicted molar refractivity (Wildman–Crippen MR) is 89.4 cm³/mol. The lowest BCUT2D eigenvalue weighted by atomic mass is 10.1. The van der Waals surface area contributed by atoms with Crippen molar-refractivity contribution < 1.29 is 23.5 Å². The van der Waals surface area contributed by atoms with Crippen LogP contribution < -0.4 is 5.32 Å². The summed E-state index contributed by atoms with van der Waals surface area (Å²) in [5.41, 5.74) is -0.533. The van der Waals surface area contributed by atoms with E-state index in [4.69, 9.17) is 4.42 Å². The molecule has 3 rings (SSSR count). The molecular formula is C18H17FN2O4. The van der Waals surface area contributed by atoms with Gasteiger partial charge < -0.3 is 14.8 Å². The first-order valence-electron chi connectivity index (χ1n) is 7.62. The van der Waals surface area contributed by atoms with Crippen molar-refractivity contribution in [2.45, 2.75) is 26.3 Å². The number of carbonyl (C=O) groups excluding carboxylic acids is 2. The van der Waals surface area contributed by atoms with Crippen LogP contribution in [0, 0.1) is 5.82 Å². The standard InChI is InChI=1S/C18H17FN2O4/c1-18(2,3)20-17(24)21-12-7-6-10(19)9-11(12)14(16(21)23)15(22)13-5-4-8-25-13/h4-9,23H,1-3H3,(H,20,24). The number of nitrogens with one attached hydrogen (secondary N) is 1. The summed E-state index contributed by atoms with van der Waals surface area (Å²) in [6.45, 7) is 5.34. The molecule has 7 heteroatoms. The van der Waals surface area contributed by atoms with Crippen LogP contribution in [-0.4, -0.2) is 27.0 Å². The Morgan fingerprint density at radius 2 is 1.96 bits per heavy atom. The summed E-state index contributed by atoms with van der Waals surface area (Å²) in [5.74, 6) is -1.81. The van der Waals surface area contributed by atoms with Crippen LogP contribution in [0.1, 0.15) is 36.9 Å². The van der Waals surface area contributed by atoms with Gasteiger partial charge in [-0.3, -0.25) is 4.79 Å². The smallest absolute Gasteiger partial charge is 0.329 e. The van der Waals surface area contributed by atoms with Crippen molar-refractivity contribution in [1.82, 2.24) is 9.88 Å². The second kappa shape index (κ2) is 5.77. The van der Waals surface area contributed by atoms with E-state index in [1.54, 1.807) is 20.8 Å². The zero-order valence-corrected chi connectivity index (χ0v) is 14.0. The van der Waals surface area contributed by atoms with E-state index in [1.165, 1.54) is 24.5 Å². The van der Waals surface area contributed by atoms with Crippen LogP contribution in [0.3, 0.4) is 0 Å². The third-order valence-electron chi connectivity index (χ3n) is 3.56. The van der Waals surface area contributed by atoms with Crippen molar-refractivity contribution in [3.05, 3.63) is 53.7 Å². The van der Waals surface area contributed by atoms with E-state index in [-0.39, 0.29) is 22.2 Å². The Morgan fingerprint density at radius 3 is 2.56 bits per heavy atom. The van der Waals surface area contributed by atoms with Gasteiger partial charge in [-0.25, -0.2) is 13.8 Å².